The smallest absolute Gasteiger partial charge is 0.159 e. The molecule has 0 aliphatic carbocycles. The van der Waals surface area contributed by atoms with E-state index in [-0.39, 0.29) is 5.78 Å². The zero-order valence-corrected chi connectivity index (χ0v) is 11.4. The van der Waals surface area contributed by atoms with Crippen LogP contribution in [-0.4, -0.2) is 5.78 Å². The van der Waals surface area contributed by atoms with Gasteiger partial charge < -0.3 is 10.5 Å². The summed E-state index contributed by atoms with van der Waals surface area (Å²) in [5.41, 5.74) is 9.23. The van der Waals surface area contributed by atoms with Gasteiger partial charge in [0.05, 0.1) is 5.69 Å². The zero-order valence-electron chi connectivity index (χ0n) is 11.4. The maximum absolute atomic E-state index is 11.3. The van der Waals surface area contributed by atoms with E-state index < -0.39 is 0 Å². The Balaban J connectivity index is 2.30. The molecule has 0 fully saturated rings. The van der Waals surface area contributed by atoms with Crippen LogP contribution in [0.15, 0.2) is 36.4 Å². The summed E-state index contributed by atoms with van der Waals surface area (Å²) in [7, 11) is 0. The summed E-state index contributed by atoms with van der Waals surface area (Å²) in [5.74, 6) is 1.31. The van der Waals surface area contributed by atoms with E-state index >= 15 is 0 Å². The number of benzene rings is 2. The van der Waals surface area contributed by atoms with Crippen molar-refractivity contribution in [2.24, 2.45) is 0 Å². The van der Waals surface area contributed by atoms with Gasteiger partial charge in [-0.25, -0.2) is 0 Å². The molecule has 0 bridgehead atoms. The minimum absolute atomic E-state index is 0.00958. The number of ether oxygens (including phenoxy) is 1. The molecule has 3 heteroatoms. The number of hydrogen-bond acceptors (Lipinski definition) is 3. The first kappa shape index (κ1) is 13.1. The van der Waals surface area contributed by atoms with E-state index in [1.165, 1.54) is 6.92 Å². The van der Waals surface area contributed by atoms with Crippen molar-refractivity contribution in [3.05, 3.63) is 53.1 Å². The van der Waals surface area contributed by atoms with Crippen molar-refractivity contribution in [2.45, 2.75) is 20.8 Å². The fourth-order valence-electron chi connectivity index (χ4n) is 1.98. The van der Waals surface area contributed by atoms with Gasteiger partial charge >= 0.3 is 0 Å². The highest BCUT2D eigenvalue weighted by Crippen LogP contribution is 2.29. The Labute approximate surface area is 113 Å². The maximum Gasteiger partial charge on any atom is 0.159 e. The molecule has 98 valence electrons. The van der Waals surface area contributed by atoms with E-state index in [0.29, 0.717) is 17.0 Å². The molecule has 2 aromatic carbocycles. The fraction of sp³-hybridized carbons (Fsp3) is 0.188. The van der Waals surface area contributed by atoms with Crippen LogP contribution in [0.4, 0.5) is 5.69 Å². The molecule has 0 heterocycles. The first-order valence-corrected chi connectivity index (χ1v) is 6.12. The van der Waals surface area contributed by atoms with E-state index in [0.717, 1.165) is 16.9 Å². The summed E-state index contributed by atoms with van der Waals surface area (Å²) in [6, 6.07) is 11.1. The molecule has 3 nitrogen and oxygen atoms in total. The molecule has 0 unspecified atom stereocenters. The molecule has 0 spiro atoms. The van der Waals surface area contributed by atoms with Crippen LogP contribution in [-0.2, 0) is 0 Å². The Morgan fingerprint density at radius 3 is 2.21 bits per heavy atom. The molecule has 19 heavy (non-hydrogen) atoms. The molecule has 2 rings (SSSR count). The van der Waals surface area contributed by atoms with Crippen molar-refractivity contribution >= 4 is 11.5 Å². The maximum atomic E-state index is 11.3. The lowest BCUT2D eigenvalue weighted by molar-refractivity contribution is 0.101. The molecule has 0 aliphatic heterocycles. The van der Waals surface area contributed by atoms with Crippen LogP contribution in [0.5, 0.6) is 11.5 Å². The summed E-state index contributed by atoms with van der Waals surface area (Å²) >= 11 is 0. The largest absolute Gasteiger partial charge is 0.455 e. The molecule has 0 aromatic heterocycles. The number of carbonyl (C=O) groups is 1. The van der Waals surface area contributed by atoms with Gasteiger partial charge in [-0.3, -0.25) is 4.79 Å². The van der Waals surface area contributed by atoms with E-state index in [2.05, 4.69) is 6.07 Å². The number of hydrogen-bond donors (Lipinski definition) is 1. The van der Waals surface area contributed by atoms with Crippen LogP contribution in [0, 0.1) is 13.8 Å². The topological polar surface area (TPSA) is 52.3 Å². The van der Waals surface area contributed by atoms with Crippen LogP contribution in [0.1, 0.15) is 28.4 Å². The number of nitrogens with two attached hydrogens (primary N) is 1. The van der Waals surface area contributed by atoms with Crippen molar-refractivity contribution in [3.63, 3.8) is 0 Å². The van der Waals surface area contributed by atoms with Gasteiger partial charge in [0, 0.05) is 5.56 Å². The average Bonchev–Trinajstić information content (AvgIpc) is 2.30. The third kappa shape index (κ3) is 3.13. The second-order valence-corrected chi connectivity index (χ2v) is 4.73. The number of Topliss-reactive ketones (excluding diaryl/α,β-unsaturated/α-hetero) is 1. The number of carbonyl (C=O) groups excluding carboxylic acids is 1. The van der Waals surface area contributed by atoms with Gasteiger partial charge in [-0.1, -0.05) is 6.07 Å². The molecule has 0 saturated carbocycles. The van der Waals surface area contributed by atoms with Crippen LogP contribution in [0.2, 0.25) is 0 Å². The minimum Gasteiger partial charge on any atom is -0.455 e. The number of rotatable bonds is 3. The second-order valence-electron chi connectivity index (χ2n) is 4.73. The molecular weight excluding hydrogens is 238 g/mol. The predicted octanol–water partition coefficient (Wildman–Crippen LogP) is 3.88. The lowest BCUT2D eigenvalue weighted by atomic mass is 10.1. The standard InChI is InChI=1S/C16H17NO2/c1-10-6-11(2)8-14(7-10)19-16-5-4-13(12(3)18)9-15(16)17/h4-9H,17H2,1-3H3. The highest BCUT2D eigenvalue weighted by atomic mass is 16.5. The van der Waals surface area contributed by atoms with Crippen molar-refractivity contribution in [1.82, 2.24) is 0 Å². The number of nitrogen functional groups attached to an aromatic ring is 1. The number of aryl methyl sites for hydroxylation is 2. The van der Waals surface area contributed by atoms with Gasteiger partial charge in [0.1, 0.15) is 11.5 Å². The SMILES string of the molecule is CC(=O)c1ccc(Oc2cc(C)cc(C)c2)c(N)c1. The highest BCUT2D eigenvalue weighted by molar-refractivity contribution is 5.95. The van der Waals surface area contributed by atoms with Gasteiger partial charge in [-0.2, -0.15) is 0 Å². The Hall–Kier alpha value is -2.29. The second kappa shape index (κ2) is 5.14. The van der Waals surface area contributed by atoms with Crippen molar-refractivity contribution in [1.29, 1.82) is 0 Å². The molecule has 0 aliphatic rings. The van der Waals surface area contributed by atoms with Crippen LogP contribution >= 0.6 is 0 Å². The molecular formula is C16H17NO2. The highest BCUT2D eigenvalue weighted by Gasteiger charge is 2.06. The van der Waals surface area contributed by atoms with E-state index in [1.54, 1.807) is 18.2 Å². The average molecular weight is 255 g/mol. The Bertz CT molecular complexity index is 612. The van der Waals surface area contributed by atoms with Crippen molar-refractivity contribution < 1.29 is 9.53 Å². The molecule has 0 saturated heterocycles. The molecule has 0 radical (unpaired) electrons. The van der Waals surface area contributed by atoms with Crippen LogP contribution < -0.4 is 10.5 Å². The lowest BCUT2D eigenvalue weighted by Gasteiger charge is -2.10. The zero-order chi connectivity index (χ0) is 14.0. The van der Waals surface area contributed by atoms with E-state index in [1.807, 2.05) is 26.0 Å². The number of ketones is 1. The van der Waals surface area contributed by atoms with Crippen molar-refractivity contribution in [2.75, 3.05) is 5.73 Å². The first-order valence-electron chi connectivity index (χ1n) is 6.12. The quantitative estimate of drug-likeness (QED) is 0.669. The Morgan fingerprint density at radius 1 is 1.05 bits per heavy atom. The third-order valence-corrected chi connectivity index (χ3v) is 2.84. The van der Waals surface area contributed by atoms with Crippen LogP contribution in [0.25, 0.3) is 0 Å². The fourth-order valence-corrected chi connectivity index (χ4v) is 1.98. The molecule has 2 N–H and O–H groups in total. The molecule has 2 aromatic rings. The monoisotopic (exact) mass is 255 g/mol. The minimum atomic E-state index is -0.00958. The van der Waals surface area contributed by atoms with Gasteiger partial charge in [-0.15, -0.1) is 0 Å². The summed E-state index contributed by atoms with van der Waals surface area (Å²) in [6.45, 7) is 5.54. The van der Waals surface area contributed by atoms with Crippen LogP contribution in [0.3, 0.4) is 0 Å². The third-order valence-electron chi connectivity index (χ3n) is 2.84. The van der Waals surface area contributed by atoms with Gasteiger partial charge in [-0.05, 0) is 62.2 Å². The predicted molar refractivity (Wildman–Crippen MR) is 76.8 cm³/mol. The van der Waals surface area contributed by atoms with E-state index in [9.17, 15) is 4.79 Å². The number of anilines is 1. The first-order chi connectivity index (χ1) is 8.95. The molecule has 0 amide bonds. The normalized spacial score (nSPS) is 10.3. The van der Waals surface area contributed by atoms with Gasteiger partial charge in [0.2, 0.25) is 0 Å². The Kier molecular flexibility index (Phi) is 3.56. The Morgan fingerprint density at radius 2 is 1.68 bits per heavy atom. The lowest BCUT2D eigenvalue weighted by Crippen LogP contribution is -1.97. The van der Waals surface area contributed by atoms with E-state index in [4.69, 9.17) is 10.5 Å². The summed E-state index contributed by atoms with van der Waals surface area (Å²) in [4.78, 5) is 11.3. The summed E-state index contributed by atoms with van der Waals surface area (Å²) < 4.78 is 5.77. The van der Waals surface area contributed by atoms with Gasteiger partial charge in [0.25, 0.3) is 0 Å². The molecule has 0 atom stereocenters. The van der Waals surface area contributed by atoms with Gasteiger partial charge in [0.15, 0.2) is 5.78 Å². The summed E-state index contributed by atoms with van der Waals surface area (Å²) in [6.07, 6.45) is 0. The summed E-state index contributed by atoms with van der Waals surface area (Å²) in [5, 5.41) is 0. The van der Waals surface area contributed by atoms with Crippen molar-refractivity contribution in [3.8, 4) is 11.5 Å².